The molecule has 0 spiro atoms. The molecule has 2 rings (SSSR count). The Kier molecular flexibility index (Phi) is 6.10. The Labute approximate surface area is 149 Å². The van der Waals surface area contributed by atoms with Gasteiger partial charge in [-0.25, -0.2) is 0 Å². The van der Waals surface area contributed by atoms with Crippen molar-refractivity contribution in [2.75, 3.05) is 0 Å². The minimum Gasteiger partial charge on any atom is -0.507 e. The zero-order valence-corrected chi connectivity index (χ0v) is 15.2. The Morgan fingerprint density at radius 3 is 2.54 bits per heavy atom. The molecule has 0 heterocycles. The van der Waals surface area contributed by atoms with E-state index in [1.54, 1.807) is 6.07 Å². The lowest BCUT2D eigenvalue weighted by atomic mass is 9.90. The van der Waals surface area contributed by atoms with E-state index in [4.69, 9.17) is 17.3 Å². The SMILES string of the molecule is CCC/C=C(N)/C(=C(/C)c1ccccc1O)c1cc(Cl)ccc1C. The van der Waals surface area contributed by atoms with E-state index in [0.29, 0.717) is 10.7 Å². The Morgan fingerprint density at radius 1 is 1.17 bits per heavy atom. The predicted octanol–water partition coefficient (Wildman–Crippen LogP) is 5.93. The summed E-state index contributed by atoms with van der Waals surface area (Å²) in [5.74, 6) is 0.246. The van der Waals surface area contributed by atoms with Gasteiger partial charge in [0.15, 0.2) is 0 Å². The number of allylic oxidation sites excluding steroid dienone is 3. The molecule has 0 atom stereocenters. The molecule has 24 heavy (non-hydrogen) atoms. The maximum absolute atomic E-state index is 10.2. The van der Waals surface area contributed by atoms with Crippen molar-refractivity contribution < 1.29 is 5.11 Å². The molecule has 3 N–H and O–H groups in total. The molecule has 0 aromatic heterocycles. The summed E-state index contributed by atoms with van der Waals surface area (Å²) in [5.41, 5.74) is 11.9. The minimum atomic E-state index is 0.246. The van der Waals surface area contributed by atoms with Gasteiger partial charge in [0.2, 0.25) is 0 Å². The number of aromatic hydroxyl groups is 1. The maximum atomic E-state index is 10.2. The van der Waals surface area contributed by atoms with Crippen LogP contribution in [0.1, 0.15) is 43.4 Å². The summed E-state index contributed by atoms with van der Waals surface area (Å²) in [6.45, 7) is 6.14. The van der Waals surface area contributed by atoms with Crippen molar-refractivity contribution >= 4 is 22.7 Å². The second kappa shape index (κ2) is 8.07. The fraction of sp³-hybridized carbons (Fsp3) is 0.238. The fourth-order valence-corrected chi connectivity index (χ4v) is 2.94. The van der Waals surface area contributed by atoms with Gasteiger partial charge in [0, 0.05) is 21.9 Å². The molecular weight excluding hydrogens is 318 g/mol. The van der Waals surface area contributed by atoms with Gasteiger partial charge >= 0.3 is 0 Å². The summed E-state index contributed by atoms with van der Waals surface area (Å²) in [5, 5.41) is 10.9. The Balaban J connectivity index is 2.74. The van der Waals surface area contributed by atoms with Crippen LogP contribution in [0.3, 0.4) is 0 Å². The van der Waals surface area contributed by atoms with E-state index in [9.17, 15) is 5.11 Å². The van der Waals surface area contributed by atoms with E-state index >= 15 is 0 Å². The molecule has 0 amide bonds. The van der Waals surface area contributed by atoms with Crippen LogP contribution in [0, 0.1) is 6.92 Å². The first kappa shape index (κ1) is 18.2. The van der Waals surface area contributed by atoms with Crippen molar-refractivity contribution in [3.8, 4) is 5.75 Å². The van der Waals surface area contributed by atoms with Gasteiger partial charge in [-0.2, -0.15) is 0 Å². The van der Waals surface area contributed by atoms with E-state index in [1.165, 1.54) is 0 Å². The van der Waals surface area contributed by atoms with Gasteiger partial charge in [-0.3, -0.25) is 0 Å². The normalized spacial score (nSPS) is 12.9. The molecule has 3 heteroatoms. The summed E-state index contributed by atoms with van der Waals surface area (Å²) >= 11 is 6.22. The molecule has 0 saturated carbocycles. The van der Waals surface area contributed by atoms with Crippen molar-refractivity contribution in [2.45, 2.75) is 33.6 Å². The molecule has 0 fully saturated rings. The Hall–Kier alpha value is -2.19. The summed E-state index contributed by atoms with van der Waals surface area (Å²) in [6, 6.07) is 13.1. The third kappa shape index (κ3) is 4.01. The highest BCUT2D eigenvalue weighted by atomic mass is 35.5. The van der Waals surface area contributed by atoms with Crippen LogP contribution in [0.15, 0.2) is 54.2 Å². The monoisotopic (exact) mass is 341 g/mol. The topological polar surface area (TPSA) is 46.2 Å². The summed E-state index contributed by atoms with van der Waals surface area (Å²) in [6.07, 6.45) is 3.97. The number of unbranched alkanes of at least 4 members (excludes halogenated alkanes) is 1. The third-order valence-electron chi connectivity index (χ3n) is 4.09. The maximum Gasteiger partial charge on any atom is 0.123 e. The van der Waals surface area contributed by atoms with Crippen LogP contribution in [-0.4, -0.2) is 5.11 Å². The summed E-state index contributed by atoms with van der Waals surface area (Å²) < 4.78 is 0. The number of phenols is 1. The molecule has 0 saturated heterocycles. The Bertz CT molecular complexity index is 790. The average molecular weight is 342 g/mol. The number of phenolic OH excluding ortho intramolecular Hbond substituents is 1. The average Bonchev–Trinajstić information content (AvgIpc) is 2.56. The molecule has 0 aliphatic rings. The highest BCUT2D eigenvalue weighted by Crippen LogP contribution is 2.36. The highest BCUT2D eigenvalue weighted by molar-refractivity contribution is 6.30. The lowest BCUT2D eigenvalue weighted by molar-refractivity contribution is 0.473. The first-order chi connectivity index (χ1) is 11.5. The smallest absolute Gasteiger partial charge is 0.123 e. The first-order valence-corrected chi connectivity index (χ1v) is 8.55. The molecule has 2 aromatic rings. The number of halogens is 1. The van der Waals surface area contributed by atoms with Gasteiger partial charge in [0.25, 0.3) is 0 Å². The molecule has 126 valence electrons. The van der Waals surface area contributed by atoms with Gasteiger partial charge in [-0.05, 0) is 55.2 Å². The van der Waals surface area contributed by atoms with E-state index in [2.05, 4.69) is 6.92 Å². The van der Waals surface area contributed by atoms with Crippen molar-refractivity contribution in [1.29, 1.82) is 0 Å². The van der Waals surface area contributed by atoms with Gasteiger partial charge < -0.3 is 10.8 Å². The van der Waals surface area contributed by atoms with E-state index in [-0.39, 0.29) is 5.75 Å². The molecule has 0 unspecified atom stereocenters. The minimum absolute atomic E-state index is 0.246. The molecule has 0 bridgehead atoms. The zero-order chi connectivity index (χ0) is 17.7. The number of para-hydroxylation sites is 1. The molecule has 0 aliphatic carbocycles. The predicted molar refractivity (Wildman–Crippen MR) is 104 cm³/mol. The van der Waals surface area contributed by atoms with Gasteiger partial charge in [0.1, 0.15) is 5.75 Å². The number of benzene rings is 2. The molecular formula is C21H24ClNO. The number of nitrogens with two attached hydrogens (primary N) is 1. The van der Waals surface area contributed by atoms with E-state index < -0.39 is 0 Å². The van der Waals surface area contributed by atoms with Gasteiger partial charge in [-0.1, -0.05) is 55.3 Å². The zero-order valence-electron chi connectivity index (χ0n) is 14.4. The van der Waals surface area contributed by atoms with Crippen LogP contribution < -0.4 is 5.73 Å². The van der Waals surface area contributed by atoms with Crippen LogP contribution in [0.25, 0.3) is 11.1 Å². The summed E-state index contributed by atoms with van der Waals surface area (Å²) in [4.78, 5) is 0. The van der Waals surface area contributed by atoms with Gasteiger partial charge in [0.05, 0.1) is 0 Å². The van der Waals surface area contributed by atoms with Crippen molar-refractivity contribution in [3.63, 3.8) is 0 Å². The van der Waals surface area contributed by atoms with Crippen molar-refractivity contribution in [1.82, 2.24) is 0 Å². The Morgan fingerprint density at radius 2 is 1.88 bits per heavy atom. The summed E-state index contributed by atoms with van der Waals surface area (Å²) in [7, 11) is 0. The molecule has 2 aromatic carbocycles. The van der Waals surface area contributed by atoms with Crippen LogP contribution in [0.2, 0.25) is 5.02 Å². The third-order valence-corrected chi connectivity index (χ3v) is 4.33. The van der Waals surface area contributed by atoms with Crippen LogP contribution in [0.4, 0.5) is 0 Å². The van der Waals surface area contributed by atoms with Crippen molar-refractivity contribution in [2.24, 2.45) is 5.73 Å². The standard InChI is InChI=1S/C21H24ClNO/c1-4-5-9-19(23)21(18-13-16(22)12-11-14(18)2)15(3)17-8-6-7-10-20(17)24/h6-13,24H,4-5,23H2,1-3H3/b19-9-,21-15-. The van der Waals surface area contributed by atoms with Crippen LogP contribution >= 0.6 is 11.6 Å². The number of hydrogen-bond acceptors (Lipinski definition) is 2. The fourth-order valence-electron chi connectivity index (χ4n) is 2.76. The first-order valence-electron chi connectivity index (χ1n) is 8.17. The van der Waals surface area contributed by atoms with Crippen molar-refractivity contribution in [3.05, 3.63) is 76.0 Å². The quantitative estimate of drug-likeness (QED) is 0.523. The van der Waals surface area contributed by atoms with E-state index in [1.807, 2.05) is 56.3 Å². The van der Waals surface area contributed by atoms with Crippen LogP contribution in [0.5, 0.6) is 5.75 Å². The number of aryl methyl sites for hydroxylation is 1. The van der Waals surface area contributed by atoms with E-state index in [0.717, 1.165) is 40.7 Å². The van der Waals surface area contributed by atoms with Gasteiger partial charge in [-0.15, -0.1) is 0 Å². The number of rotatable bonds is 5. The van der Waals surface area contributed by atoms with Crippen LogP contribution in [-0.2, 0) is 0 Å². The molecule has 0 radical (unpaired) electrons. The number of hydrogen-bond donors (Lipinski definition) is 2. The second-order valence-corrected chi connectivity index (χ2v) is 6.36. The lowest BCUT2D eigenvalue weighted by Crippen LogP contribution is -2.05. The molecule has 2 nitrogen and oxygen atoms in total. The highest BCUT2D eigenvalue weighted by Gasteiger charge is 2.15. The lowest BCUT2D eigenvalue weighted by Gasteiger charge is -2.17. The second-order valence-electron chi connectivity index (χ2n) is 5.92. The molecule has 0 aliphatic heterocycles. The largest absolute Gasteiger partial charge is 0.507 e.